The largest absolute Gasteiger partial charge is 0.309 e. The maximum atomic E-state index is 12.7. The first-order chi connectivity index (χ1) is 12.1. The number of likely N-dealkylation sites (tertiary alicyclic amines) is 1. The van der Waals surface area contributed by atoms with Crippen LogP contribution in [0.1, 0.15) is 25.6 Å². The Labute approximate surface area is 155 Å². The van der Waals surface area contributed by atoms with Gasteiger partial charge in [0.15, 0.2) is 0 Å². The van der Waals surface area contributed by atoms with Crippen molar-refractivity contribution in [3.63, 3.8) is 0 Å². The summed E-state index contributed by atoms with van der Waals surface area (Å²) in [7, 11) is 0. The molecule has 1 aromatic carbocycles. The Balaban J connectivity index is 1.67. The molecule has 4 nitrogen and oxygen atoms in total. The fraction of sp³-hybridized carbons (Fsp3) is 0.368. The summed E-state index contributed by atoms with van der Waals surface area (Å²) in [5.41, 5.74) is 1.85. The normalized spacial score (nSPS) is 18.7. The Hall–Kier alpha value is -1.69. The Morgan fingerprint density at radius 1 is 1.36 bits per heavy atom. The van der Waals surface area contributed by atoms with E-state index in [1.165, 1.54) is 24.2 Å². The van der Waals surface area contributed by atoms with Gasteiger partial charge in [-0.15, -0.1) is 11.3 Å². The molecule has 130 valence electrons. The van der Waals surface area contributed by atoms with Gasteiger partial charge < -0.3 is 4.98 Å². The summed E-state index contributed by atoms with van der Waals surface area (Å²) >= 11 is 7.49. The third kappa shape index (κ3) is 3.50. The molecule has 2 aromatic heterocycles. The van der Waals surface area contributed by atoms with E-state index in [0.29, 0.717) is 22.9 Å². The van der Waals surface area contributed by atoms with Crippen molar-refractivity contribution in [2.24, 2.45) is 5.92 Å². The number of piperidine rings is 1. The van der Waals surface area contributed by atoms with Gasteiger partial charge in [0.25, 0.3) is 5.56 Å². The lowest BCUT2D eigenvalue weighted by molar-refractivity contribution is 0.173. The zero-order chi connectivity index (χ0) is 17.4. The van der Waals surface area contributed by atoms with E-state index in [1.807, 2.05) is 29.6 Å². The van der Waals surface area contributed by atoms with Crippen molar-refractivity contribution in [3.05, 3.63) is 50.8 Å². The zero-order valence-electron chi connectivity index (χ0n) is 14.1. The summed E-state index contributed by atoms with van der Waals surface area (Å²) in [6, 6.07) is 7.56. The highest BCUT2D eigenvalue weighted by Gasteiger charge is 2.18. The first kappa shape index (κ1) is 16.8. The van der Waals surface area contributed by atoms with Crippen LogP contribution in [0.15, 0.2) is 34.4 Å². The third-order valence-electron chi connectivity index (χ3n) is 4.76. The number of H-pyrrole nitrogens is 1. The summed E-state index contributed by atoms with van der Waals surface area (Å²) in [5.74, 6) is 1.47. The SMILES string of the molecule is CC1CCCN(Cc2nc3scc(-c4ccc(Cl)cc4)c3c(=O)[nH]2)C1. The van der Waals surface area contributed by atoms with E-state index in [1.54, 1.807) is 0 Å². The molecule has 1 aliphatic rings. The molecule has 1 saturated heterocycles. The minimum atomic E-state index is -0.0590. The number of nitrogens with one attached hydrogen (secondary N) is 1. The highest BCUT2D eigenvalue weighted by atomic mass is 35.5. The van der Waals surface area contributed by atoms with Crippen molar-refractivity contribution >= 4 is 33.2 Å². The fourth-order valence-electron chi connectivity index (χ4n) is 3.55. The van der Waals surface area contributed by atoms with Crippen molar-refractivity contribution in [1.29, 1.82) is 0 Å². The number of nitrogens with zero attached hydrogens (tertiary/aromatic N) is 2. The lowest BCUT2D eigenvalue weighted by Crippen LogP contribution is -2.34. The van der Waals surface area contributed by atoms with Crippen LogP contribution in [0, 0.1) is 5.92 Å². The van der Waals surface area contributed by atoms with E-state index in [9.17, 15) is 4.79 Å². The van der Waals surface area contributed by atoms with Crippen LogP contribution in [0.4, 0.5) is 0 Å². The lowest BCUT2D eigenvalue weighted by Gasteiger charge is -2.30. The molecule has 1 N–H and O–H groups in total. The lowest BCUT2D eigenvalue weighted by atomic mass is 10.0. The summed E-state index contributed by atoms with van der Waals surface area (Å²) in [6.45, 7) is 5.14. The first-order valence-electron chi connectivity index (χ1n) is 8.59. The second kappa shape index (κ2) is 6.90. The molecule has 0 radical (unpaired) electrons. The van der Waals surface area contributed by atoms with Crippen LogP contribution in [0.5, 0.6) is 0 Å². The van der Waals surface area contributed by atoms with Gasteiger partial charge in [0.1, 0.15) is 10.7 Å². The van der Waals surface area contributed by atoms with E-state index in [2.05, 4.69) is 16.8 Å². The van der Waals surface area contributed by atoms with Crippen LogP contribution in [0.25, 0.3) is 21.3 Å². The van der Waals surface area contributed by atoms with Crippen LogP contribution in [0.2, 0.25) is 5.02 Å². The zero-order valence-corrected chi connectivity index (χ0v) is 15.7. The van der Waals surface area contributed by atoms with E-state index in [0.717, 1.165) is 34.9 Å². The van der Waals surface area contributed by atoms with Crippen LogP contribution in [-0.2, 0) is 6.54 Å². The molecule has 1 unspecified atom stereocenters. The molecule has 1 aliphatic heterocycles. The number of benzene rings is 1. The molecule has 1 atom stereocenters. The molecule has 6 heteroatoms. The van der Waals surface area contributed by atoms with Crippen molar-refractivity contribution in [2.75, 3.05) is 13.1 Å². The smallest absolute Gasteiger partial charge is 0.260 e. The maximum absolute atomic E-state index is 12.7. The highest BCUT2D eigenvalue weighted by Crippen LogP contribution is 2.31. The number of halogens is 1. The number of thiophene rings is 1. The number of aromatic nitrogens is 2. The van der Waals surface area contributed by atoms with Gasteiger partial charge in [0, 0.05) is 22.5 Å². The van der Waals surface area contributed by atoms with Crippen molar-refractivity contribution in [2.45, 2.75) is 26.3 Å². The maximum Gasteiger partial charge on any atom is 0.260 e. The van der Waals surface area contributed by atoms with E-state index >= 15 is 0 Å². The Bertz CT molecular complexity index is 947. The number of fused-ring (bicyclic) bond motifs is 1. The summed E-state index contributed by atoms with van der Waals surface area (Å²) < 4.78 is 0. The molecule has 25 heavy (non-hydrogen) atoms. The van der Waals surface area contributed by atoms with Crippen molar-refractivity contribution < 1.29 is 0 Å². The topological polar surface area (TPSA) is 49.0 Å². The van der Waals surface area contributed by atoms with Gasteiger partial charge >= 0.3 is 0 Å². The number of aromatic amines is 1. The molecule has 0 aliphatic carbocycles. The second-order valence-electron chi connectivity index (χ2n) is 6.83. The predicted molar refractivity (Wildman–Crippen MR) is 104 cm³/mol. The number of hydrogen-bond acceptors (Lipinski definition) is 4. The van der Waals surface area contributed by atoms with Gasteiger partial charge in [0.05, 0.1) is 11.9 Å². The highest BCUT2D eigenvalue weighted by molar-refractivity contribution is 7.17. The summed E-state index contributed by atoms with van der Waals surface area (Å²) in [4.78, 5) is 23.6. The standard InChI is InChI=1S/C19H20ClN3OS/c1-12-3-2-8-23(9-12)10-16-21-18(24)17-15(11-25-19(17)22-16)13-4-6-14(20)7-5-13/h4-7,11-12H,2-3,8-10H2,1H3,(H,21,22,24). The second-order valence-corrected chi connectivity index (χ2v) is 8.13. The van der Waals surface area contributed by atoms with Crippen LogP contribution in [-0.4, -0.2) is 28.0 Å². The molecular weight excluding hydrogens is 354 g/mol. The molecule has 4 rings (SSSR count). The fourth-order valence-corrected chi connectivity index (χ4v) is 4.65. The van der Waals surface area contributed by atoms with E-state index in [4.69, 9.17) is 16.6 Å². The van der Waals surface area contributed by atoms with Gasteiger partial charge in [-0.25, -0.2) is 4.98 Å². The third-order valence-corrected chi connectivity index (χ3v) is 5.89. The molecule has 0 saturated carbocycles. The van der Waals surface area contributed by atoms with E-state index in [-0.39, 0.29) is 5.56 Å². The van der Waals surface area contributed by atoms with Crippen LogP contribution < -0.4 is 5.56 Å². The average Bonchev–Trinajstić information content (AvgIpc) is 3.00. The Morgan fingerprint density at radius 3 is 2.92 bits per heavy atom. The van der Waals surface area contributed by atoms with Gasteiger partial charge in [0.2, 0.25) is 0 Å². The van der Waals surface area contributed by atoms with E-state index < -0.39 is 0 Å². The van der Waals surface area contributed by atoms with Crippen LogP contribution >= 0.6 is 22.9 Å². The first-order valence-corrected chi connectivity index (χ1v) is 9.84. The Kier molecular flexibility index (Phi) is 4.63. The molecule has 3 aromatic rings. The molecule has 3 heterocycles. The molecule has 1 fully saturated rings. The molecule has 0 amide bonds. The molecule has 0 bridgehead atoms. The molecule has 0 spiro atoms. The number of rotatable bonds is 3. The van der Waals surface area contributed by atoms with Gasteiger partial charge in [-0.1, -0.05) is 30.7 Å². The van der Waals surface area contributed by atoms with Crippen molar-refractivity contribution in [3.8, 4) is 11.1 Å². The van der Waals surface area contributed by atoms with Gasteiger partial charge in [-0.05, 0) is 43.0 Å². The minimum absolute atomic E-state index is 0.0590. The quantitative estimate of drug-likeness (QED) is 0.733. The van der Waals surface area contributed by atoms with Gasteiger partial charge in [-0.3, -0.25) is 9.69 Å². The minimum Gasteiger partial charge on any atom is -0.309 e. The summed E-state index contributed by atoms with van der Waals surface area (Å²) in [5, 5.41) is 3.36. The van der Waals surface area contributed by atoms with Gasteiger partial charge in [-0.2, -0.15) is 0 Å². The number of hydrogen-bond donors (Lipinski definition) is 1. The van der Waals surface area contributed by atoms with Crippen LogP contribution in [0.3, 0.4) is 0 Å². The average molecular weight is 374 g/mol. The molecular formula is C19H20ClN3OS. The predicted octanol–water partition coefficient (Wildman–Crippen LogP) is 4.54. The Morgan fingerprint density at radius 2 is 2.16 bits per heavy atom. The monoisotopic (exact) mass is 373 g/mol. The van der Waals surface area contributed by atoms with Crippen molar-refractivity contribution in [1.82, 2.24) is 14.9 Å². The summed E-state index contributed by atoms with van der Waals surface area (Å²) in [6.07, 6.45) is 2.50.